The smallest absolute Gasteiger partial charge is 0.317 e. The number of aliphatic carboxylic acids is 3. The first-order valence-corrected chi connectivity index (χ1v) is 3.04. The van der Waals surface area contributed by atoms with Crippen molar-refractivity contribution >= 4 is 17.9 Å². The second-order valence-electron chi connectivity index (χ2n) is 1.64. The van der Waals surface area contributed by atoms with Crippen LogP contribution < -0.4 is 5.73 Å². The summed E-state index contributed by atoms with van der Waals surface area (Å²) in [5.74, 6) is -2.63. The van der Waals surface area contributed by atoms with E-state index in [1.807, 2.05) is 0 Å². The molecule has 0 rings (SSSR count). The fraction of sp³-hybridized carbons (Fsp3) is 0.500. The first-order chi connectivity index (χ1) is 5.73. The third-order valence-electron chi connectivity index (χ3n) is 0.175. The van der Waals surface area contributed by atoms with Gasteiger partial charge in [0.25, 0.3) is 11.9 Å². The van der Waals surface area contributed by atoms with Gasteiger partial charge in [0.2, 0.25) is 0 Å². The Morgan fingerprint density at radius 2 is 1.07 bits per heavy atom. The summed E-state index contributed by atoms with van der Waals surface area (Å²) >= 11 is 0. The minimum atomic E-state index is -0.968. The third-order valence-corrected chi connectivity index (χ3v) is 0.175. The van der Waals surface area contributed by atoms with Gasteiger partial charge in [-0.3, -0.25) is 14.4 Å². The van der Waals surface area contributed by atoms with Crippen LogP contribution >= 0.6 is 0 Å². The molecule has 0 spiro atoms. The summed E-state index contributed by atoms with van der Waals surface area (Å²) < 4.78 is 0. The number of carboxylic acids is 3. The molecule has 0 aromatic rings. The van der Waals surface area contributed by atoms with Crippen molar-refractivity contribution in [1.82, 2.24) is 0 Å². The summed E-state index contributed by atoms with van der Waals surface area (Å²) in [6.45, 7) is 1.89. The number of nitrogens with two attached hydrogens (primary N) is 1. The van der Waals surface area contributed by atoms with Crippen LogP contribution in [-0.2, 0) is 31.5 Å². The van der Waals surface area contributed by atoms with Gasteiger partial charge in [-0.15, -0.1) is 0 Å². The Morgan fingerprint density at radius 1 is 1.00 bits per heavy atom. The fourth-order valence-corrected chi connectivity index (χ4v) is 0. The molecular formula is C6H13CuNO6. The standard InChI is InChI=1S/C2H5NO2.2C2H4O2.Cu/c3-1-2(4)5;2*1-2(3)4;/h1,3H2,(H,4,5);2*1H3,(H,3,4);. The van der Waals surface area contributed by atoms with Crippen LogP contribution in [0.25, 0.3) is 0 Å². The Hall–Kier alpha value is -1.11. The first kappa shape index (κ1) is 23.1. The second kappa shape index (κ2) is 17.8. The maximum absolute atomic E-state index is 9.24. The molecule has 14 heavy (non-hydrogen) atoms. The Morgan fingerprint density at radius 3 is 1.07 bits per heavy atom. The zero-order chi connectivity index (χ0) is 11.4. The van der Waals surface area contributed by atoms with Gasteiger partial charge in [0.15, 0.2) is 0 Å². The predicted molar refractivity (Wildman–Crippen MR) is 43.3 cm³/mol. The first-order valence-electron chi connectivity index (χ1n) is 3.04. The number of carboxylic acid groups (broad SMARTS) is 3. The third kappa shape index (κ3) is 1350. The molecule has 0 heterocycles. The molecule has 0 aromatic heterocycles. The van der Waals surface area contributed by atoms with Crippen molar-refractivity contribution in [3.8, 4) is 0 Å². The van der Waals surface area contributed by atoms with E-state index in [-0.39, 0.29) is 23.6 Å². The van der Waals surface area contributed by atoms with E-state index in [0.717, 1.165) is 13.8 Å². The van der Waals surface area contributed by atoms with Gasteiger partial charge in [-0.1, -0.05) is 0 Å². The Balaban J connectivity index is -0.0000000522. The van der Waals surface area contributed by atoms with Crippen molar-refractivity contribution < 1.29 is 46.8 Å². The van der Waals surface area contributed by atoms with Crippen molar-refractivity contribution in [3.63, 3.8) is 0 Å². The quantitative estimate of drug-likeness (QED) is 0.452. The number of hydrogen-bond donors (Lipinski definition) is 4. The van der Waals surface area contributed by atoms with E-state index in [4.69, 9.17) is 24.9 Å². The molecular weight excluding hydrogens is 246 g/mol. The van der Waals surface area contributed by atoms with E-state index in [9.17, 15) is 4.79 Å². The molecule has 0 saturated heterocycles. The van der Waals surface area contributed by atoms with E-state index < -0.39 is 17.9 Å². The Kier molecular flexibility index (Phi) is 29.4. The monoisotopic (exact) mass is 258 g/mol. The van der Waals surface area contributed by atoms with Gasteiger partial charge < -0.3 is 21.1 Å². The maximum Gasteiger partial charge on any atom is 0.317 e. The maximum atomic E-state index is 9.24. The summed E-state index contributed by atoms with van der Waals surface area (Å²) in [4.78, 5) is 27.2. The molecule has 7 nitrogen and oxygen atoms in total. The van der Waals surface area contributed by atoms with Crippen LogP contribution in [0.3, 0.4) is 0 Å². The molecule has 5 N–H and O–H groups in total. The Labute approximate surface area is 91.4 Å². The molecule has 0 aliphatic carbocycles. The van der Waals surface area contributed by atoms with Crippen LogP contribution in [-0.4, -0.2) is 39.8 Å². The van der Waals surface area contributed by atoms with Crippen molar-refractivity contribution in [1.29, 1.82) is 0 Å². The van der Waals surface area contributed by atoms with Crippen LogP contribution in [0, 0.1) is 0 Å². The van der Waals surface area contributed by atoms with Gasteiger partial charge in [0, 0.05) is 30.9 Å². The SMILES string of the molecule is CC(=O)O.CC(=O)O.NCC(=O)O.[Cu]. The predicted octanol–water partition coefficient (Wildman–Crippen LogP) is -0.791. The summed E-state index contributed by atoms with van der Waals surface area (Å²) in [6, 6.07) is 0. The number of carbonyl (C=O) groups is 3. The van der Waals surface area contributed by atoms with Crippen molar-refractivity contribution in [2.24, 2.45) is 5.73 Å². The van der Waals surface area contributed by atoms with Crippen LogP contribution in [0.4, 0.5) is 0 Å². The summed E-state index contributed by atoms with van der Waals surface area (Å²) in [5, 5.41) is 22.4. The fourth-order valence-electron chi connectivity index (χ4n) is 0. The molecule has 89 valence electrons. The van der Waals surface area contributed by atoms with Gasteiger partial charge in [-0.2, -0.15) is 0 Å². The normalized spacial score (nSPS) is 6.21. The van der Waals surface area contributed by atoms with Crippen LogP contribution in [0.15, 0.2) is 0 Å². The summed E-state index contributed by atoms with van der Waals surface area (Å²) in [7, 11) is 0. The van der Waals surface area contributed by atoms with Gasteiger partial charge in [-0.25, -0.2) is 0 Å². The van der Waals surface area contributed by atoms with Crippen molar-refractivity contribution in [2.45, 2.75) is 13.8 Å². The average Bonchev–Trinajstić information content (AvgIpc) is 1.84. The molecule has 0 amide bonds. The largest absolute Gasteiger partial charge is 0.481 e. The Bertz CT molecular complexity index is 152. The van der Waals surface area contributed by atoms with Gasteiger partial charge in [-0.05, 0) is 0 Å². The van der Waals surface area contributed by atoms with E-state index >= 15 is 0 Å². The molecule has 8 heteroatoms. The van der Waals surface area contributed by atoms with E-state index in [1.54, 1.807) is 0 Å². The molecule has 0 aliphatic rings. The second-order valence-corrected chi connectivity index (χ2v) is 1.64. The molecule has 0 unspecified atom stereocenters. The van der Waals surface area contributed by atoms with E-state index in [0.29, 0.717) is 0 Å². The number of rotatable bonds is 1. The van der Waals surface area contributed by atoms with Gasteiger partial charge in [0.05, 0.1) is 6.54 Å². The van der Waals surface area contributed by atoms with Crippen LogP contribution in [0.5, 0.6) is 0 Å². The summed E-state index contributed by atoms with van der Waals surface area (Å²) in [5.41, 5.74) is 4.57. The minimum Gasteiger partial charge on any atom is -0.481 e. The van der Waals surface area contributed by atoms with Crippen LogP contribution in [0.2, 0.25) is 0 Å². The molecule has 0 fully saturated rings. The molecule has 0 atom stereocenters. The zero-order valence-electron chi connectivity index (χ0n) is 7.65. The van der Waals surface area contributed by atoms with Gasteiger partial charge >= 0.3 is 5.97 Å². The summed E-state index contributed by atoms with van der Waals surface area (Å²) in [6.07, 6.45) is 0. The molecule has 0 bridgehead atoms. The number of hydrogen-bond acceptors (Lipinski definition) is 4. The molecule has 0 saturated carbocycles. The molecule has 0 aliphatic heterocycles. The molecule has 1 radical (unpaired) electrons. The van der Waals surface area contributed by atoms with E-state index in [1.165, 1.54) is 0 Å². The topological polar surface area (TPSA) is 138 Å². The average molecular weight is 259 g/mol. The minimum absolute atomic E-state index is 0. The van der Waals surface area contributed by atoms with Crippen molar-refractivity contribution in [2.75, 3.05) is 6.54 Å². The molecule has 0 aromatic carbocycles. The van der Waals surface area contributed by atoms with Crippen LogP contribution in [0.1, 0.15) is 13.8 Å². The van der Waals surface area contributed by atoms with Crippen molar-refractivity contribution in [3.05, 3.63) is 0 Å². The van der Waals surface area contributed by atoms with E-state index in [2.05, 4.69) is 5.73 Å². The van der Waals surface area contributed by atoms with Gasteiger partial charge in [0.1, 0.15) is 0 Å². The zero-order valence-corrected chi connectivity index (χ0v) is 8.59.